The van der Waals surface area contributed by atoms with Crippen LogP contribution in [-0.4, -0.2) is 64.4 Å². The van der Waals surface area contributed by atoms with E-state index in [-0.39, 0.29) is 44.4 Å². The number of ether oxygens (including phenoxy) is 1. The summed E-state index contributed by atoms with van der Waals surface area (Å²) in [5, 5.41) is 21.9. The molecule has 1 fully saturated rings. The number of piperidine rings is 1. The van der Waals surface area contributed by atoms with Crippen molar-refractivity contribution >= 4 is 18.0 Å². The Morgan fingerprint density at radius 1 is 1.06 bits per heavy atom. The van der Waals surface area contributed by atoms with Crippen LogP contribution in [0.15, 0.2) is 48.5 Å². The highest BCUT2D eigenvalue weighted by atomic mass is 16.5. The standard InChI is InChI=1S/C25H28N2O6/c1-2-21(22(28)27-13-11-25(32,12-14-27)23(29)30)26-24(31)33-15-20-18-9-5-3-7-16(18)17-8-4-6-10-19(17)20/h3-10,20-21,32H,2,11-15H2,1H3,(H,26,31)(H,29,30)/t21-/m0/s1. The van der Waals surface area contributed by atoms with Crippen LogP contribution in [-0.2, 0) is 14.3 Å². The smallest absolute Gasteiger partial charge is 0.407 e. The van der Waals surface area contributed by atoms with Crippen LogP contribution < -0.4 is 5.32 Å². The molecule has 1 atom stereocenters. The number of aliphatic carboxylic acids is 1. The Balaban J connectivity index is 1.36. The molecule has 2 amide bonds. The Morgan fingerprint density at radius 2 is 1.61 bits per heavy atom. The van der Waals surface area contributed by atoms with Crippen molar-refractivity contribution in [1.29, 1.82) is 0 Å². The van der Waals surface area contributed by atoms with Gasteiger partial charge in [0.05, 0.1) is 0 Å². The number of carboxylic acid groups (broad SMARTS) is 1. The molecular weight excluding hydrogens is 424 g/mol. The first-order chi connectivity index (χ1) is 15.8. The SMILES string of the molecule is CC[C@H](NC(=O)OCC1c2ccccc2-c2ccccc21)C(=O)N1CCC(O)(C(=O)O)CC1. The summed E-state index contributed by atoms with van der Waals surface area (Å²) in [6.07, 6.45) is -0.399. The minimum Gasteiger partial charge on any atom is -0.479 e. The molecule has 0 saturated carbocycles. The van der Waals surface area contributed by atoms with Gasteiger partial charge in [-0.1, -0.05) is 55.5 Å². The van der Waals surface area contributed by atoms with Crippen molar-refractivity contribution < 1.29 is 29.3 Å². The number of rotatable bonds is 6. The van der Waals surface area contributed by atoms with Crippen molar-refractivity contribution in [3.63, 3.8) is 0 Å². The molecule has 1 saturated heterocycles. The Bertz CT molecular complexity index is 1010. The number of likely N-dealkylation sites (tertiary alicyclic amines) is 1. The van der Waals surface area contributed by atoms with E-state index in [2.05, 4.69) is 17.4 Å². The van der Waals surface area contributed by atoms with Crippen LogP contribution in [0.5, 0.6) is 0 Å². The van der Waals surface area contributed by atoms with Crippen molar-refractivity contribution in [1.82, 2.24) is 10.2 Å². The van der Waals surface area contributed by atoms with Crippen molar-refractivity contribution in [3.05, 3.63) is 59.7 Å². The zero-order chi connectivity index (χ0) is 23.6. The number of nitrogens with zero attached hydrogens (tertiary/aromatic N) is 1. The maximum atomic E-state index is 12.9. The molecule has 8 nitrogen and oxygen atoms in total. The fourth-order valence-electron chi connectivity index (χ4n) is 4.65. The predicted octanol–water partition coefficient (Wildman–Crippen LogP) is 2.74. The lowest BCUT2D eigenvalue weighted by Crippen LogP contribution is -2.55. The summed E-state index contributed by atoms with van der Waals surface area (Å²) in [5.74, 6) is -1.66. The van der Waals surface area contributed by atoms with E-state index in [4.69, 9.17) is 9.84 Å². The lowest BCUT2D eigenvalue weighted by molar-refractivity contribution is -0.165. The summed E-state index contributed by atoms with van der Waals surface area (Å²) < 4.78 is 5.54. The fraction of sp³-hybridized carbons (Fsp3) is 0.400. The summed E-state index contributed by atoms with van der Waals surface area (Å²) >= 11 is 0. The third-order valence-corrected chi connectivity index (χ3v) is 6.64. The molecule has 174 valence electrons. The number of aliphatic hydroxyl groups is 1. The number of carbonyl (C=O) groups is 3. The number of fused-ring (bicyclic) bond motifs is 3. The molecule has 0 aromatic heterocycles. The van der Waals surface area contributed by atoms with Crippen molar-refractivity contribution in [3.8, 4) is 11.1 Å². The monoisotopic (exact) mass is 452 g/mol. The van der Waals surface area contributed by atoms with Crippen molar-refractivity contribution in [2.75, 3.05) is 19.7 Å². The van der Waals surface area contributed by atoms with Crippen LogP contribution in [0.4, 0.5) is 4.79 Å². The average Bonchev–Trinajstić information content (AvgIpc) is 3.15. The van der Waals surface area contributed by atoms with Crippen LogP contribution in [0.3, 0.4) is 0 Å². The molecule has 4 rings (SSSR count). The molecule has 0 bridgehead atoms. The van der Waals surface area contributed by atoms with E-state index in [9.17, 15) is 19.5 Å². The van der Waals surface area contributed by atoms with Gasteiger partial charge in [-0.15, -0.1) is 0 Å². The Kier molecular flexibility index (Phi) is 6.37. The molecule has 0 unspecified atom stereocenters. The number of hydrogen-bond donors (Lipinski definition) is 3. The van der Waals surface area contributed by atoms with Gasteiger partial charge in [0.2, 0.25) is 5.91 Å². The summed E-state index contributed by atoms with van der Waals surface area (Å²) in [5.41, 5.74) is 2.67. The van der Waals surface area contributed by atoms with E-state index in [1.807, 2.05) is 36.4 Å². The second kappa shape index (κ2) is 9.23. The van der Waals surface area contributed by atoms with Crippen LogP contribution in [0.2, 0.25) is 0 Å². The minimum atomic E-state index is -1.81. The van der Waals surface area contributed by atoms with Crippen LogP contribution in [0.25, 0.3) is 11.1 Å². The van der Waals surface area contributed by atoms with Gasteiger partial charge in [-0.25, -0.2) is 9.59 Å². The Morgan fingerprint density at radius 3 is 2.12 bits per heavy atom. The lowest BCUT2D eigenvalue weighted by Gasteiger charge is -2.36. The highest BCUT2D eigenvalue weighted by molar-refractivity contribution is 5.86. The first-order valence-electron chi connectivity index (χ1n) is 11.2. The minimum absolute atomic E-state index is 0.0462. The molecule has 0 spiro atoms. The number of amides is 2. The van der Waals surface area contributed by atoms with Gasteiger partial charge in [-0.05, 0) is 28.7 Å². The average molecular weight is 453 g/mol. The van der Waals surface area contributed by atoms with E-state index in [1.54, 1.807) is 6.92 Å². The van der Waals surface area contributed by atoms with Gasteiger partial charge in [-0.3, -0.25) is 4.79 Å². The predicted molar refractivity (Wildman–Crippen MR) is 121 cm³/mol. The first kappa shape index (κ1) is 22.8. The maximum Gasteiger partial charge on any atom is 0.407 e. The van der Waals surface area contributed by atoms with Crippen molar-refractivity contribution in [2.45, 2.75) is 43.7 Å². The van der Waals surface area contributed by atoms with Gasteiger partial charge < -0.3 is 25.2 Å². The van der Waals surface area contributed by atoms with Gasteiger partial charge in [0.1, 0.15) is 12.6 Å². The van der Waals surface area contributed by atoms with Crippen LogP contribution >= 0.6 is 0 Å². The molecule has 8 heteroatoms. The number of benzene rings is 2. The number of carboxylic acids is 1. The largest absolute Gasteiger partial charge is 0.479 e. The quantitative estimate of drug-likeness (QED) is 0.621. The summed E-state index contributed by atoms with van der Waals surface area (Å²) in [4.78, 5) is 38.1. The zero-order valence-corrected chi connectivity index (χ0v) is 18.5. The fourth-order valence-corrected chi connectivity index (χ4v) is 4.65. The molecule has 33 heavy (non-hydrogen) atoms. The van der Waals surface area contributed by atoms with Gasteiger partial charge >= 0.3 is 12.1 Å². The molecule has 1 heterocycles. The number of nitrogens with one attached hydrogen (secondary N) is 1. The second-order valence-corrected chi connectivity index (χ2v) is 8.59. The topological polar surface area (TPSA) is 116 Å². The van der Waals surface area contributed by atoms with Gasteiger partial charge in [0, 0.05) is 31.8 Å². The number of carbonyl (C=O) groups excluding carboxylic acids is 2. The molecule has 0 radical (unpaired) electrons. The lowest BCUT2D eigenvalue weighted by atomic mass is 9.91. The molecule has 1 aliphatic carbocycles. The first-order valence-corrected chi connectivity index (χ1v) is 11.2. The molecule has 2 aromatic carbocycles. The van der Waals surface area contributed by atoms with Gasteiger partial charge in [0.15, 0.2) is 5.60 Å². The van der Waals surface area contributed by atoms with E-state index in [0.29, 0.717) is 6.42 Å². The molecule has 2 aromatic rings. The second-order valence-electron chi connectivity index (χ2n) is 8.59. The third-order valence-electron chi connectivity index (χ3n) is 6.64. The molecular formula is C25H28N2O6. The number of hydrogen-bond acceptors (Lipinski definition) is 5. The highest BCUT2D eigenvalue weighted by Gasteiger charge is 2.41. The molecule has 3 N–H and O–H groups in total. The van der Waals surface area contributed by atoms with E-state index >= 15 is 0 Å². The van der Waals surface area contributed by atoms with Gasteiger partial charge in [0.25, 0.3) is 0 Å². The normalized spacial score (nSPS) is 17.6. The Labute approximate surface area is 192 Å². The summed E-state index contributed by atoms with van der Waals surface area (Å²) in [7, 11) is 0. The van der Waals surface area contributed by atoms with E-state index in [0.717, 1.165) is 22.3 Å². The summed E-state index contributed by atoms with van der Waals surface area (Å²) in [6, 6.07) is 15.3. The highest BCUT2D eigenvalue weighted by Crippen LogP contribution is 2.44. The zero-order valence-electron chi connectivity index (χ0n) is 18.5. The van der Waals surface area contributed by atoms with E-state index < -0.39 is 23.7 Å². The Hall–Kier alpha value is -3.39. The van der Waals surface area contributed by atoms with Crippen molar-refractivity contribution in [2.24, 2.45) is 0 Å². The van der Waals surface area contributed by atoms with Crippen LogP contribution in [0.1, 0.15) is 43.2 Å². The maximum absolute atomic E-state index is 12.9. The van der Waals surface area contributed by atoms with Crippen LogP contribution in [0, 0.1) is 0 Å². The number of alkyl carbamates (subject to hydrolysis) is 1. The molecule has 1 aliphatic heterocycles. The third kappa shape index (κ3) is 4.43. The van der Waals surface area contributed by atoms with E-state index in [1.165, 1.54) is 4.90 Å². The summed E-state index contributed by atoms with van der Waals surface area (Å²) in [6.45, 7) is 2.17. The molecule has 2 aliphatic rings. The van der Waals surface area contributed by atoms with Gasteiger partial charge in [-0.2, -0.15) is 0 Å².